The molecule has 0 unspecified atom stereocenters. The van der Waals surface area contributed by atoms with Crippen LogP contribution in [0.4, 0.5) is 5.69 Å². The molecule has 0 fully saturated rings. The molecule has 21 heavy (non-hydrogen) atoms. The Morgan fingerprint density at radius 3 is 2.52 bits per heavy atom. The van der Waals surface area contributed by atoms with Gasteiger partial charge in [-0.15, -0.1) is 0 Å². The van der Waals surface area contributed by atoms with Crippen LogP contribution in [0.15, 0.2) is 45.3 Å². The van der Waals surface area contributed by atoms with Crippen LogP contribution in [0.3, 0.4) is 0 Å². The van der Waals surface area contributed by atoms with Gasteiger partial charge in [-0.1, -0.05) is 6.07 Å². The quantitative estimate of drug-likeness (QED) is 0.338. The summed E-state index contributed by atoms with van der Waals surface area (Å²) in [6.07, 6.45) is 0. The fourth-order valence-electron chi connectivity index (χ4n) is 1.59. The normalized spacial score (nSPS) is 10.2. The van der Waals surface area contributed by atoms with Crippen molar-refractivity contribution < 1.29 is 9.66 Å². The highest BCUT2D eigenvalue weighted by Gasteiger charge is 2.17. The number of hydrogen-bond donors (Lipinski definition) is 2. The van der Waals surface area contributed by atoms with E-state index < -0.39 is 4.92 Å². The van der Waals surface area contributed by atoms with Gasteiger partial charge in [0.2, 0.25) is 0 Å². The van der Waals surface area contributed by atoms with Gasteiger partial charge in [0, 0.05) is 11.6 Å². The largest absolute Gasteiger partial charge is 0.455 e. The van der Waals surface area contributed by atoms with Gasteiger partial charge in [-0.05, 0) is 56.1 Å². The summed E-state index contributed by atoms with van der Waals surface area (Å²) < 4.78 is 6.51. The van der Waals surface area contributed by atoms with Crippen molar-refractivity contribution in [3.63, 3.8) is 0 Å². The summed E-state index contributed by atoms with van der Waals surface area (Å²) in [6, 6.07) is 9.44. The van der Waals surface area contributed by atoms with Crippen molar-refractivity contribution >= 4 is 43.4 Å². The molecule has 0 heterocycles. The van der Waals surface area contributed by atoms with Crippen LogP contribution in [0.1, 0.15) is 5.56 Å². The van der Waals surface area contributed by atoms with Gasteiger partial charge in [-0.2, -0.15) is 0 Å². The van der Waals surface area contributed by atoms with Gasteiger partial charge in [-0.3, -0.25) is 15.5 Å². The van der Waals surface area contributed by atoms with Crippen LogP contribution in [-0.4, -0.2) is 10.8 Å². The molecule has 0 amide bonds. The third-order valence-electron chi connectivity index (χ3n) is 2.60. The van der Waals surface area contributed by atoms with Crippen molar-refractivity contribution in [2.75, 3.05) is 0 Å². The molecule has 0 spiro atoms. The number of nitro groups is 1. The molecule has 108 valence electrons. The molecule has 0 aliphatic rings. The van der Waals surface area contributed by atoms with E-state index in [4.69, 9.17) is 15.9 Å². The molecule has 0 aliphatic carbocycles. The number of nitrogen functional groups attached to an aromatic ring is 1. The zero-order chi connectivity index (χ0) is 15.6. The highest BCUT2D eigenvalue weighted by atomic mass is 79.9. The summed E-state index contributed by atoms with van der Waals surface area (Å²) in [5, 5.41) is 18.3. The summed E-state index contributed by atoms with van der Waals surface area (Å²) in [7, 11) is 0. The van der Waals surface area contributed by atoms with Gasteiger partial charge in [0.1, 0.15) is 21.8 Å². The van der Waals surface area contributed by atoms with E-state index in [0.717, 1.165) is 0 Å². The predicted octanol–water partition coefficient (Wildman–Crippen LogP) is 4.20. The third-order valence-corrected chi connectivity index (χ3v) is 4.02. The number of nitrogens with zero attached hydrogens (tertiary/aromatic N) is 1. The smallest absolute Gasteiger partial charge is 0.287 e. The summed E-state index contributed by atoms with van der Waals surface area (Å²) in [5.41, 5.74) is 5.87. The molecule has 2 rings (SSSR count). The molecule has 0 bridgehead atoms. The summed E-state index contributed by atoms with van der Waals surface area (Å²) in [6.45, 7) is 0. The average molecular weight is 415 g/mol. The molecular weight excluding hydrogens is 406 g/mol. The van der Waals surface area contributed by atoms with Crippen molar-refractivity contribution in [3.05, 3.63) is 61.0 Å². The Hall–Kier alpha value is -1.93. The van der Waals surface area contributed by atoms with Crippen LogP contribution in [0.2, 0.25) is 0 Å². The highest BCUT2D eigenvalue weighted by Crippen LogP contribution is 2.38. The number of halogens is 2. The summed E-state index contributed by atoms with van der Waals surface area (Å²) >= 11 is 6.48. The highest BCUT2D eigenvalue weighted by molar-refractivity contribution is 9.11. The predicted molar refractivity (Wildman–Crippen MR) is 86.0 cm³/mol. The number of nitrogens with one attached hydrogen (secondary N) is 1. The van der Waals surface area contributed by atoms with Crippen LogP contribution in [0.25, 0.3) is 0 Å². The summed E-state index contributed by atoms with van der Waals surface area (Å²) in [4.78, 5) is 10.4. The maximum atomic E-state index is 10.9. The zero-order valence-corrected chi connectivity index (χ0v) is 13.6. The first-order valence-corrected chi connectivity index (χ1v) is 7.23. The topological polar surface area (TPSA) is 102 Å². The van der Waals surface area contributed by atoms with Gasteiger partial charge in [-0.25, -0.2) is 0 Å². The first-order chi connectivity index (χ1) is 9.90. The van der Waals surface area contributed by atoms with Crippen molar-refractivity contribution in [3.8, 4) is 11.5 Å². The second kappa shape index (κ2) is 6.23. The van der Waals surface area contributed by atoms with E-state index in [0.29, 0.717) is 21.5 Å². The summed E-state index contributed by atoms with van der Waals surface area (Å²) in [5.74, 6) is 0.723. The van der Waals surface area contributed by atoms with Crippen molar-refractivity contribution in [1.82, 2.24) is 0 Å². The molecule has 0 atom stereocenters. The molecule has 0 saturated heterocycles. The lowest BCUT2D eigenvalue weighted by atomic mass is 10.2. The van der Waals surface area contributed by atoms with Crippen LogP contribution in [-0.2, 0) is 0 Å². The molecule has 0 aromatic heterocycles. The van der Waals surface area contributed by atoms with E-state index in [1.807, 2.05) is 0 Å². The Balaban J connectivity index is 2.37. The molecule has 0 saturated carbocycles. The SMILES string of the molecule is N=C(N)c1ccc(Oc2cccc([N+](=O)[O-])c2Br)c(Br)c1. The second-order valence-corrected chi connectivity index (χ2v) is 5.65. The molecule has 2 aromatic carbocycles. The van der Waals surface area contributed by atoms with Crippen LogP contribution < -0.4 is 10.5 Å². The van der Waals surface area contributed by atoms with Gasteiger partial charge >= 0.3 is 0 Å². The molecule has 0 aliphatic heterocycles. The number of benzene rings is 2. The monoisotopic (exact) mass is 413 g/mol. The average Bonchev–Trinajstić information content (AvgIpc) is 2.42. The number of nitrogens with two attached hydrogens (primary N) is 1. The fourth-order valence-corrected chi connectivity index (χ4v) is 2.54. The standard InChI is InChI=1S/C13H9Br2N3O3/c14-8-6-7(13(16)17)4-5-10(8)21-11-3-1-2-9(12(11)15)18(19)20/h1-6H,(H3,16,17). The fraction of sp³-hybridized carbons (Fsp3) is 0. The van der Waals surface area contributed by atoms with Gasteiger partial charge < -0.3 is 10.5 Å². The van der Waals surface area contributed by atoms with E-state index in [1.165, 1.54) is 12.1 Å². The molecule has 6 nitrogen and oxygen atoms in total. The number of nitro benzene ring substituents is 1. The lowest BCUT2D eigenvalue weighted by Crippen LogP contribution is -2.10. The lowest BCUT2D eigenvalue weighted by molar-refractivity contribution is -0.385. The Morgan fingerprint density at radius 1 is 1.24 bits per heavy atom. The van der Waals surface area contributed by atoms with E-state index in [1.54, 1.807) is 24.3 Å². The van der Waals surface area contributed by atoms with Crippen LogP contribution in [0.5, 0.6) is 11.5 Å². The van der Waals surface area contributed by atoms with E-state index in [2.05, 4.69) is 31.9 Å². The number of amidine groups is 1. The minimum Gasteiger partial charge on any atom is -0.455 e. The Kier molecular flexibility index (Phi) is 4.59. The van der Waals surface area contributed by atoms with Crippen molar-refractivity contribution in [2.24, 2.45) is 5.73 Å². The molecule has 2 aromatic rings. The number of rotatable bonds is 4. The van der Waals surface area contributed by atoms with Gasteiger partial charge in [0.15, 0.2) is 0 Å². The Labute approximate surface area is 136 Å². The van der Waals surface area contributed by atoms with E-state index in [-0.39, 0.29) is 16.0 Å². The van der Waals surface area contributed by atoms with E-state index in [9.17, 15) is 10.1 Å². The zero-order valence-electron chi connectivity index (χ0n) is 10.5. The van der Waals surface area contributed by atoms with Crippen molar-refractivity contribution in [2.45, 2.75) is 0 Å². The minimum absolute atomic E-state index is 0.0567. The van der Waals surface area contributed by atoms with E-state index >= 15 is 0 Å². The van der Waals surface area contributed by atoms with Crippen molar-refractivity contribution in [1.29, 1.82) is 5.41 Å². The first-order valence-electron chi connectivity index (χ1n) is 5.65. The van der Waals surface area contributed by atoms with Gasteiger partial charge in [0.25, 0.3) is 5.69 Å². The lowest BCUT2D eigenvalue weighted by Gasteiger charge is -2.10. The minimum atomic E-state index is -0.495. The maximum absolute atomic E-state index is 10.9. The van der Waals surface area contributed by atoms with Crippen LogP contribution >= 0.6 is 31.9 Å². The molecule has 8 heteroatoms. The second-order valence-electron chi connectivity index (χ2n) is 4.01. The Morgan fingerprint density at radius 2 is 1.95 bits per heavy atom. The Bertz CT molecular complexity index is 735. The number of hydrogen-bond acceptors (Lipinski definition) is 4. The molecular formula is C13H9Br2N3O3. The van der Waals surface area contributed by atoms with Crippen LogP contribution in [0, 0.1) is 15.5 Å². The maximum Gasteiger partial charge on any atom is 0.287 e. The molecule has 3 N–H and O–H groups in total. The first kappa shape index (κ1) is 15.5. The van der Waals surface area contributed by atoms with Gasteiger partial charge in [0.05, 0.1) is 9.40 Å². The third kappa shape index (κ3) is 3.40. The number of ether oxygens (including phenoxy) is 1. The molecule has 0 radical (unpaired) electrons.